The van der Waals surface area contributed by atoms with Gasteiger partial charge in [-0.2, -0.15) is 0 Å². The van der Waals surface area contributed by atoms with Gasteiger partial charge in [-0.1, -0.05) is 19.1 Å². The Morgan fingerprint density at radius 3 is 2.71 bits per heavy atom. The first-order valence-corrected chi connectivity index (χ1v) is 6.31. The lowest BCUT2D eigenvalue weighted by Crippen LogP contribution is -2.30. The standard InChI is InChI=1S/C14H14F3N3O/c1-2-9-10(15)6-11(16)13(12(9)17)19-20-5-3-4-8(7-20)14(18)21/h3-4,6-7,19H,2,5H2,1H3,(H2,18,21). The van der Waals surface area contributed by atoms with Gasteiger partial charge >= 0.3 is 0 Å². The van der Waals surface area contributed by atoms with Gasteiger partial charge in [-0.15, -0.1) is 0 Å². The first kappa shape index (κ1) is 15.0. The van der Waals surface area contributed by atoms with Crippen LogP contribution in [-0.2, 0) is 11.2 Å². The van der Waals surface area contributed by atoms with Crippen LogP contribution in [0.1, 0.15) is 12.5 Å². The highest BCUT2D eigenvalue weighted by molar-refractivity contribution is 5.94. The van der Waals surface area contributed by atoms with Crippen molar-refractivity contribution in [3.8, 4) is 0 Å². The number of hydrazine groups is 1. The van der Waals surface area contributed by atoms with E-state index in [0.29, 0.717) is 6.07 Å². The van der Waals surface area contributed by atoms with Crippen LogP contribution in [0.15, 0.2) is 30.0 Å². The minimum absolute atomic E-state index is 0.0922. The smallest absolute Gasteiger partial charge is 0.250 e. The maximum Gasteiger partial charge on any atom is 0.250 e. The second kappa shape index (κ2) is 5.90. The molecule has 4 nitrogen and oxygen atoms in total. The van der Waals surface area contributed by atoms with Crippen LogP contribution in [0.25, 0.3) is 0 Å². The molecule has 1 amide bonds. The van der Waals surface area contributed by atoms with Crippen molar-refractivity contribution in [3.05, 3.63) is 53.0 Å². The summed E-state index contributed by atoms with van der Waals surface area (Å²) in [6.07, 6.45) is 4.54. The number of amides is 1. The van der Waals surface area contributed by atoms with E-state index in [1.807, 2.05) is 0 Å². The molecule has 112 valence electrons. The number of hydrogen-bond donors (Lipinski definition) is 2. The van der Waals surface area contributed by atoms with Crippen LogP contribution in [0.3, 0.4) is 0 Å². The molecule has 0 unspecified atom stereocenters. The maximum atomic E-state index is 14.1. The van der Waals surface area contributed by atoms with Crippen LogP contribution in [0.2, 0.25) is 0 Å². The molecule has 7 heteroatoms. The fourth-order valence-corrected chi connectivity index (χ4v) is 1.98. The van der Waals surface area contributed by atoms with E-state index >= 15 is 0 Å². The quantitative estimate of drug-likeness (QED) is 0.896. The van der Waals surface area contributed by atoms with Crippen molar-refractivity contribution in [2.45, 2.75) is 13.3 Å². The third kappa shape index (κ3) is 3.01. The summed E-state index contributed by atoms with van der Waals surface area (Å²) in [6, 6.07) is 0.628. The van der Waals surface area contributed by atoms with Crippen molar-refractivity contribution < 1.29 is 18.0 Å². The molecule has 0 spiro atoms. The zero-order valence-electron chi connectivity index (χ0n) is 11.3. The van der Waals surface area contributed by atoms with Crippen molar-refractivity contribution in [1.29, 1.82) is 0 Å². The van der Waals surface area contributed by atoms with Gasteiger partial charge in [0.15, 0.2) is 11.6 Å². The third-order valence-corrected chi connectivity index (χ3v) is 3.05. The highest BCUT2D eigenvalue weighted by Gasteiger charge is 2.19. The Bertz CT molecular complexity index is 641. The van der Waals surface area contributed by atoms with Crippen LogP contribution < -0.4 is 11.2 Å². The van der Waals surface area contributed by atoms with Gasteiger partial charge in [0.2, 0.25) is 5.91 Å². The second-order valence-electron chi connectivity index (χ2n) is 4.48. The van der Waals surface area contributed by atoms with Crippen molar-refractivity contribution >= 4 is 11.6 Å². The van der Waals surface area contributed by atoms with Crippen molar-refractivity contribution in [2.24, 2.45) is 5.73 Å². The number of primary amides is 1. The fourth-order valence-electron chi connectivity index (χ4n) is 1.98. The molecule has 3 N–H and O–H groups in total. The second-order valence-corrected chi connectivity index (χ2v) is 4.48. The van der Waals surface area contributed by atoms with Crippen LogP contribution >= 0.6 is 0 Å². The number of carbonyl (C=O) groups excluding carboxylic acids is 1. The van der Waals surface area contributed by atoms with E-state index in [1.54, 1.807) is 13.0 Å². The van der Waals surface area contributed by atoms with E-state index in [0.717, 1.165) is 0 Å². The number of halogens is 3. The molecule has 2 rings (SSSR count). The van der Waals surface area contributed by atoms with E-state index < -0.39 is 29.0 Å². The summed E-state index contributed by atoms with van der Waals surface area (Å²) in [4.78, 5) is 11.1. The van der Waals surface area contributed by atoms with Gasteiger partial charge in [0.1, 0.15) is 11.5 Å². The van der Waals surface area contributed by atoms with Gasteiger partial charge in [0.25, 0.3) is 0 Å². The van der Waals surface area contributed by atoms with Crippen LogP contribution in [-0.4, -0.2) is 17.5 Å². The summed E-state index contributed by atoms with van der Waals surface area (Å²) in [7, 11) is 0. The lowest BCUT2D eigenvalue weighted by Gasteiger charge is -2.25. The molecule has 0 aliphatic carbocycles. The topological polar surface area (TPSA) is 58.4 Å². The number of carbonyl (C=O) groups is 1. The van der Waals surface area contributed by atoms with E-state index in [9.17, 15) is 18.0 Å². The predicted molar refractivity (Wildman–Crippen MR) is 72.4 cm³/mol. The lowest BCUT2D eigenvalue weighted by atomic mass is 10.1. The molecule has 1 aromatic carbocycles. The normalized spacial score (nSPS) is 14.1. The van der Waals surface area contributed by atoms with Crippen LogP contribution in [0.5, 0.6) is 0 Å². The molecule has 0 aromatic heterocycles. The van der Waals surface area contributed by atoms with Gasteiger partial charge < -0.3 is 5.73 Å². The number of hydrogen-bond acceptors (Lipinski definition) is 3. The predicted octanol–water partition coefficient (Wildman–Crippen LogP) is 2.23. The Balaban J connectivity index is 2.32. The molecule has 0 atom stereocenters. The molecule has 0 saturated carbocycles. The Hall–Kier alpha value is -2.44. The Kier molecular flexibility index (Phi) is 4.21. The fraction of sp³-hybridized carbons (Fsp3) is 0.214. The molecular weight excluding hydrogens is 283 g/mol. The highest BCUT2D eigenvalue weighted by atomic mass is 19.1. The SMILES string of the molecule is CCc1c(F)cc(F)c(NN2C=C(C(N)=O)C=CC2)c1F. The Morgan fingerprint density at radius 1 is 1.38 bits per heavy atom. The van der Waals surface area contributed by atoms with Gasteiger partial charge in [-0.3, -0.25) is 15.2 Å². The van der Waals surface area contributed by atoms with Gasteiger partial charge in [0.05, 0.1) is 12.1 Å². The van der Waals surface area contributed by atoms with E-state index in [-0.39, 0.29) is 24.1 Å². The number of anilines is 1. The highest BCUT2D eigenvalue weighted by Crippen LogP contribution is 2.26. The first-order chi connectivity index (χ1) is 9.93. The minimum Gasteiger partial charge on any atom is -0.366 e. The molecule has 0 radical (unpaired) electrons. The summed E-state index contributed by atoms with van der Waals surface area (Å²) in [6.45, 7) is 1.84. The third-order valence-electron chi connectivity index (χ3n) is 3.05. The molecule has 1 aliphatic rings. The van der Waals surface area contributed by atoms with Gasteiger partial charge in [-0.05, 0) is 6.42 Å². The zero-order chi connectivity index (χ0) is 15.6. The van der Waals surface area contributed by atoms with Crippen molar-refractivity contribution in [3.63, 3.8) is 0 Å². The van der Waals surface area contributed by atoms with Crippen molar-refractivity contribution in [2.75, 3.05) is 12.0 Å². The van der Waals surface area contributed by atoms with E-state index in [2.05, 4.69) is 5.43 Å². The van der Waals surface area contributed by atoms with E-state index in [1.165, 1.54) is 17.3 Å². The van der Waals surface area contributed by atoms with Gasteiger partial charge in [-0.25, -0.2) is 13.2 Å². The molecule has 1 aromatic rings. The largest absolute Gasteiger partial charge is 0.366 e. The summed E-state index contributed by atoms with van der Waals surface area (Å²) < 4.78 is 41.3. The number of nitrogens with zero attached hydrogens (tertiary/aromatic N) is 1. The molecule has 0 fully saturated rings. The zero-order valence-corrected chi connectivity index (χ0v) is 11.3. The average Bonchev–Trinajstić information content (AvgIpc) is 2.44. The molecular formula is C14H14F3N3O. The van der Waals surface area contributed by atoms with Crippen LogP contribution in [0.4, 0.5) is 18.9 Å². The van der Waals surface area contributed by atoms with Crippen LogP contribution in [0, 0.1) is 17.5 Å². The minimum atomic E-state index is -1.05. The number of nitrogens with two attached hydrogens (primary N) is 1. The molecule has 1 heterocycles. The average molecular weight is 297 g/mol. The van der Waals surface area contributed by atoms with Gasteiger partial charge in [0, 0.05) is 17.8 Å². The lowest BCUT2D eigenvalue weighted by molar-refractivity contribution is -0.114. The number of benzene rings is 1. The number of rotatable bonds is 4. The summed E-state index contributed by atoms with van der Waals surface area (Å²) in [5.41, 5.74) is 7.14. The molecule has 0 bridgehead atoms. The summed E-state index contributed by atoms with van der Waals surface area (Å²) in [5.74, 6) is -3.62. The Morgan fingerprint density at radius 2 is 2.10 bits per heavy atom. The monoisotopic (exact) mass is 297 g/mol. The maximum absolute atomic E-state index is 14.1. The molecule has 0 saturated heterocycles. The van der Waals surface area contributed by atoms with E-state index in [4.69, 9.17) is 5.73 Å². The first-order valence-electron chi connectivity index (χ1n) is 6.31. The number of nitrogens with one attached hydrogen (secondary N) is 1. The molecule has 21 heavy (non-hydrogen) atoms. The summed E-state index contributed by atoms with van der Waals surface area (Å²) in [5, 5.41) is 1.29. The molecule has 1 aliphatic heterocycles. The summed E-state index contributed by atoms with van der Waals surface area (Å²) >= 11 is 0. The Labute approximate surface area is 119 Å². The van der Waals surface area contributed by atoms with Crippen molar-refractivity contribution in [1.82, 2.24) is 5.01 Å².